The number of rotatable bonds is 1. The molecule has 0 aromatic heterocycles. The Hall–Kier alpha value is -0.510. The van der Waals surface area contributed by atoms with Crippen LogP contribution in [0.4, 0.5) is 0 Å². The molecule has 2 N–H and O–H groups in total. The smallest absolute Gasteiger partial charge is 0.0840 e. The van der Waals surface area contributed by atoms with Gasteiger partial charge in [-0.15, -0.1) is 0 Å². The Morgan fingerprint density at radius 1 is 1.23 bits per heavy atom. The van der Waals surface area contributed by atoms with Crippen LogP contribution < -0.4 is 0 Å². The number of aryl methyl sites for hydroxylation is 1. The molecule has 3 heteroatoms. The van der Waals surface area contributed by atoms with Crippen molar-refractivity contribution in [1.82, 2.24) is 0 Å². The Kier molecular flexibility index (Phi) is 5.06. The second-order valence-electron chi connectivity index (χ2n) is 3.43. The van der Waals surface area contributed by atoms with Gasteiger partial charge in [-0.3, -0.25) is 0 Å². The lowest BCUT2D eigenvalue weighted by Gasteiger charge is -2.17. The molecule has 13 heavy (non-hydrogen) atoms. The van der Waals surface area contributed by atoms with Crippen molar-refractivity contribution < 1.29 is 9.66 Å². The predicted octanol–water partition coefficient (Wildman–Crippen LogP) is 2.61. The van der Waals surface area contributed by atoms with Crippen LogP contribution in [0.1, 0.15) is 25.0 Å². The second-order valence-corrected chi connectivity index (χ2v) is 3.43. The van der Waals surface area contributed by atoms with E-state index < -0.39 is 5.60 Å². The highest BCUT2D eigenvalue weighted by Gasteiger charge is 2.14. The van der Waals surface area contributed by atoms with Crippen molar-refractivity contribution >= 4 is 12.9 Å². The molecule has 2 nitrogen and oxygen atoms in total. The maximum absolute atomic E-state index is 9.61. The van der Waals surface area contributed by atoms with Crippen LogP contribution in [0.25, 0.3) is 0 Å². The fourth-order valence-electron chi connectivity index (χ4n) is 1.03. The summed E-state index contributed by atoms with van der Waals surface area (Å²) in [6.07, 6.45) is 0. The van der Waals surface area contributed by atoms with Gasteiger partial charge in [0.15, 0.2) is 0 Å². The first-order chi connectivity index (χ1) is 6.00. The van der Waals surface area contributed by atoms with Crippen LogP contribution in [0.3, 0.4) is 0 Å². The van der Waals surface area contributed by atoms with Crippen LogP contribution in [0.15, 0.2) is 24.3 Å². The monoisotopic (exact) mass is 200 g/mol. The molecule has 0 saturated carbocycles. The molecule has 1 aromatic carbocycles. The van der Waals surface area contributed by atoms with E-state index in [-0.39, 0.29) is 0 Å². The van der Waals surface area contributed by atoms with Gasteiger partial charge in [0, 0.05) is 0 Å². The molecular formula is C10H16O2S. The molecule has 0 bridgehead atoms. The zero-order valence-electron chi connectivity index (χ0n) is 8.15. The number of hydrogen-bond donors (Lipinski definition) is 3. The van der Waals surface area contributed by atoms with E-state index in [9.17, 15) is 5.11 Å². The summed E-state index contributed by atoms with van der Waals surface area (Å²) in [5.41, 5.74) is 1.44. The molecule has 0 amide bonds. The highest BCUT2D eigenvalue weighted by molar-refractivity contribution is 7.74. The number of benzene rings is 1. The van der Waals surface area contributed by atoms with E-state index in [1.165, 1.54) is 5.56 Å². The predicted molar refractivity (Wildman–Crippen MR) is 58.0 cm³/mol. The third kappa shape index (κ3) is 4.31. The van der Waals surface area contributed by atoms with Crippen molar-refractivity contribution in [2.24, 2.45) is 0 Å². The Morgan fingerprint density at radius 3 is 2.08 bits per heavy atom. The number of hydrogen-bond acceptors (Lipinski definition) is 3. The van der Waals surface area contributed by atoms with Crippen molar-refractivity contribution in [1.29, 1.82) is 0 Å². The third-order valence-corrected chi connectivity index (χ3v) is 1.72. The standard InChI is InChI=1S/C10H14O.H2OS/c1-8-5-4-6-9(7-8)10(2,3)11;1-2/h4-7,11H,1-3H3;1-2H. The van der Waals surface area contributed by atoms with Gasteiger partial charge in [-0.2, -0.15) is 0 Å². The average Bonchev–Trinajstić information content (AvgIpc) is 2.06. The molecule has 74 valence electrons. The van der Waals surface area contributed by atoms with Crippen LogP contribution in [0.2, 0.25) is 0 Å². The summed E-state index contributed by atoms with van der Waals surface area (Å²) in [7, 11) is 0. The summed E-state index contributed by atoms with van der Waals surface area (Å²) in [5.74, 6) is 0. The van der Waals surface area contributed by atoms with Crippen LogP contribution in [0.5, 0.6) is 0 Å². The van der Waals surface area contributed by atoms with E-state index in [4.69, 9.17) is 4.55 Å². The first-order valence-electron chi connectivity index (χ1n) is 3.99. The second kappa shape index (κ2) is 5.27. The molecule has 0 aliphatic carbocycles. The lowest BCUT2D eigenvalue weighted by Crippen LogP contribution is -2.15. The first kappa shape index (κ1) is 12.5. The highest BCUT2D eigenvalue weighted by Crippen LogP contribution is 2.19. The summed E-state index contributed by atoms with van der Waals surface area (Å²) in [5, 5.41) is 9.61. The molecule has 0 aliphatic heterocycles. The van der Waals surface area contributed by atoms with Gasteiger partial charge in [-0.1, -0.05) is 29.8 Å². The SMILES string of the molecule is Cc1cccc(C(C)(C)O)c1.OS. The molecule has 0 unspecified atom stereocenters. The molecule has 0 spiro atoms. The van der Waals surface area contributed by atoms with Crippen molar-refractivity contribution in [2.45, 2.75) is 26.4 Å². The maximum atomic E-state index is 9.61. The van der Waals surface area contributed by atoms with Gasteiger partial charge >= 0.3 is 0 Å². The topological polar surface area (TPSA) is 40.5 Å². The Balaban J connectivity index is 0.000000671. The fraction of sp³-hybridized carbons (Fsp3) is 0.400. The van der Waals surface area contributed by atoms with Gasteiger partial charge < -0.3 is 9.66 Å². The van der Waals surface area contributed by atoms with Gasteiger partial charge in [0.1, 0.15) is 0 Å². The van der Waals surface area contributed by atoms with Crippen LogP contribution >= 0.6 is 12.9 Å². The van der Waals surface area contributed by atoms with E-state index in [0.717, 1.165) is 5.56 Å². The minimum absolute atomic E-state index is 0.716. The third-order valence-electron chi connectivity index (χ3n) is 1.72. The summed E-state index contributed by atoms with van der Waals surface area (Å²) >= 11 is 2.53. The zero-order chi connectivity index (χ0) is 10.5. The molecule has 1 aromatic rings. The zero-order valence-corrected chi connectivity index (χ0v) is 9.05. The van der Waals surface area contributed by atoms with E-state index in [1.54, 1.807) is 13.8 Å². The number of aliphatic hydroxyl groups is 1. The first-order valence-corrected chi connectivity index (χ1v) is 4.39. The molecule has 0 saturated heterocycles. The van der Waals surface area contributed by atoms with Gasteiger partial charge in [-0.25, -0.2) is 0 Å². The lowest BCUT2D eigenvalue weighted by atomic mass is 9.97. The van der Waals surface area contributed by atoms with Gasteiger partial charge in [0.2, 0.25) is 0 Å². The molecular weight excluding hydrogens is 184 g/mol. The average molecular weight is 200 g/mol. The van der Waals surface area contributed by atoms with Gasteiger partial charge in [-0.05, 0) is 39.2 Å². The molecule has 0 radical (unpaired) electrons. The summed E-state index contributed by atoms with van der Waals surface area (Å²) < 4.78 is 6.69. The minimum Gasteiger partial charge on any atom is -0.386 e. The fourth-order valence-corrected chi connectivity index (χ4v) is 1.03. The summed E-state index contributed by atoms with van der Waals surface area (Å²) in [4.78, 5) is 0. The largest absolute Gasteiger partial charge is 0.386 e. The molecule has 0 aliphatic rings. The van der Waals surface area contributed by atoms with E-state index in [1.807, 2.05) is 31.2 Å². The highest BCUT2D eigenvalue weighted by atomic mass is 32.1. The lowest BCUT2D eigenvalue weighted by molar-refractivity contribution is 0.0785. The normalized spacial score (nSPS) is 10.3. The Labute approximate surface area is 84.8 Å². The molecule has 1 rings (SSSR count). The van der Waals surface area contributed by atoms with Crippen molar-refractivity contribution in [3.63, 3.8) is 0 Å². The summed E-state index contributed by atoms with van der Waals surface area (Å²) in [6, 6.07) is 7.92. The van der Waals surface area contributed by atoms with Crippen molar-refractivity contribution in [3.05, 3.63) is 35.4 Å². The van der Waals surface area contributed by atoms with E-state index >= 15 is 0 Å². The minimum atomic E-state index is -0.716. The van der Waals surface area contributed by atoms with Crippen molar-refractivity contribution in [2.75, 3.05) is 0 Å². The molecule has 0 atom stereocenters. The summed E-state index contributed by atoms with van der Waals surface area (Å²) in [6.45, 7) is 5.61. The molecule has 0 heterocycles. The molecule has 0 fully saturated rings. The van der Waals surface area contributed by atoms with Gasteiger partial charge in [0.05, 0.1) is 5.60 Å². The number of thiol groups is 1. The van der Waals surface area contributed by atoms with Crippen molar-refractivity contribution in [3.8, 4) is 0 Å². The van der Waals surface area contributed by atoms with E-state index in [0.29, 0.717) is 0 Å². The Morgan fingerprint density at radius 2 is 1.77 bits per heavy atom. The van der Waals surface area contributed by atoms with Gasteiger partial charge in [0.25, 0.3) is 0 Å². The van der Waals surface area contributed by atoms with E-state index in [2.05, 4.69) is 12.9 Å². The van der Waals surface area contributed by atoms with Crippen LogP contribution in [-0.2, 0) is 5.60 Å². The quantitative estimate of drug-likeness (QED) is 0.482. The van der Waals surface area contributed by atoms with Crippen LogP contribution in [0, 0.1) is 6.92 Å². The Bertz CT molecular complexity index is 253. The maximum Gasteiger partial charge on any atom is 0.0840 e. The van der Waals surface area contributed by atoms with Crippen LogP contribution in [-0.4, -0.2) is 9.66 Å².